The summed E-state index contributed by atoms with van der Waals surface area (Å²) in [6.07, 6.45) is 1.98. The average Bonchev–Trinajstić information content (AvgIpc) is 2.47. The standard InChI is InChI=1S/C16H20N4/c1-3-12-6-4-5-7-14(12)20-16-13-10-17-9-8-15(13)18-11(2)19-16/h4-7,17H,3,8-10H2,1-2H3,(H,18,19,20). The van der Waals surface area contributed by atoms with E-state index in [1.54, 1.807) is 0 Å². The lowest BCUT2D eigenvalue weighted by atomic mass is 10.1. The quantitative estimate of drug-likeness (QED) is 0.898. The van der Waals surface area contributed by atoms with Crippen molar-refractivity contribution in [3.63, 3.8) is 0 Å². The summed E-state index contributed by atoms with van der Waals surface area (Å²) in [7, 11) is 0. The maximum atomic E-state index is 4.59. The lowest BCUT2D eigenvalue weighted by molar-refractivity contribution is 0.625. The van der Waals surface area contributed by atoms with E-state index < -0.39 is 0 Å². The first-order valence-corrected chi connectivity index (χ1v) is 7.20. The molecule has 0 aliphatic carbocycles. The minimum absolute atomic E-state index is 0.835. The Labute approximate surface area is 119 Å². The van der Waals surface area contributed by atoms with E-state index in [1.807, 2.05) is 6.92 Å². The largest absolute Gasteiger partial charge is 0.340 e. The fourth-order valence-electron chi connectivity index (χ4n) is 2.65. The van der Waals surface area contributed by atoms with Crippen molar-refractivity contribution in [3.05, 3.63) is 46.9 Å². The zero-order valence-electron chi connectivity index (χ0n) is 12.0. The fourth-order valence-corrected chi connectivity index (χ4v) is 2.65. The maximum absolute atomic E-state index is 4.59. The third-order valence-electron chi connectivity index (χ3n) is 3.70. The molecule has 4 nitrogen and oxygen atoms in total. The molecule has 0 radical (unpaired) electrons. The molecular weight excluding hydrogens is 248 g/mol. The van der Waals surface area contributed by atoms with Gasteiger partial charge < -0.3 is 10.6 Å². The number of hydrogen-bond acceptors (Lipinski definition) is 4. The van der Waals surface area contributed by atoms with Crippen molar-refractivity contribution < 1.29 is 0 Å². The molecule has 1 aromatic heterocycles. The molecule has 0 bridgehead atoms. The van der Waals surface area contributed by atoms with E-state index >= 15 is 0 Å². The Kier molecular flexibility index (Phi) is 3.65. The molecule has 0 unspecified atom stereocenters. The van der Waals surface area contributed by atoms with Gasteiger partial charge in [0.15, 0.2) is 0 Å². The van der Waals surface area contributed by atoms with Crippen LogP contribution in [0, 0.1) is 6.92 Å². The highest BCUT2D eigenvalue weighted by atomic mass is 15.1. The summed E-state index contributed by atoms with van der Waals surface area (Å²) in [6.45, 7) is 5.96. The number of aromatic nitrogens is 2. The first-order chi connectivity index (χ1) is 9.78. The van der Waals surface area contributed by atoms with Gasteiger partial charge >= 0.3 is 0 Å². The van der Waals surface area contributed by atoms with Crippen molar-refractivity contribution in [2.45, 2.75) is 33.2 Å². The first kappa shape index (κ1) is 13.1. The molecule has 3 rings (SSSR count). The van der Waals surface area contributed by atoms with Gasteiger partial charge in [-0.05, 0) is 25.0 Å². The zero-order valence-corrected chi connectivity index (χ0v) is 12.0. The predicted octanol–water partition coefficient (Wildman–Crippen LogP) is 2.74. The summed E-state index contributed by atoms with van der Waals surface area (Å²) in [5.41, 5.74) is 4.82. The summed E-state index contributed by atoms with van der Waals surface area (Å²) in [4.78, 5) is 9.16. The van der Waals surface area contributed by atoms with Gasteiger partial charge in [0.25, 0.3) is 0 Å². The molecule has 2 aromatic rings. The second-order valence-corrected chi connectivity index (χ2v) is 5.11. The van der Waals surface area contributed by atoms with E-state index in [2.05, 4.69) is 51.8 Å². The van der Waals surface area contributed by atoms with Gasteiger partial charge in [-0.3, -0.25) is 0 Å². The Morgan fingerprint density at radius 1 is 1.25 bits per heavy atom. The average molecular weight is 268 g/mol. The van der Waals surface area contributed by atoms with Crippen LogP contribution in [0.15, 0.2) is 24.3 Å². The van der Waals surface area contributed by atoms with Crippen LogP contribution < -0.4 is 10.6 Å². The molecule has 1 aliphatic heterocycles. The van der Waals surface area contributed by atoms with Crippen molar-refractivity contribution in [1.29, 1.82) is 0 Å². The van der Waals surface area contributed by atoms with E-state index in [0.717, 1.165) is 43.3 Å². The summed E-state index contributed by atoms with van der Waals surface area (Å²) in [5.74, 6) is 1.78. The predicted molar refractivity (Wildman–Crippen MR) is 81.3 cm³/mol. The summed E-state index contributed by atoms with van der Waals surface area (Å²) in [5, 5.41) is 6.90. The summed E-state index contributed by atoms with van der Waals surface area (Å²) < 4.78 is 0. The summed E-state index contributed by atoms with van der Waals surface area (Å²) >= 11 is 0. The molecule has 104 valence electrons. The zero-order chi connectivity index (χ0) is 13.9. The van der Waals surface area contributed by atoms with Crippen LogP contribution >= 0.6 is 0 Å². The van der Waals surface area contributed by atoms with Crippen molar-refractivity contribution in [2.24, 2.45) is 0 Å². The molecular formula is C16H20N4. The Hall–Kier alpha value is -1.94. The van der Waals surface area contributed by atoms with Crippen molar-refractivity contribution >= 4 is 11.5 Å². The number of benzene rings is 1. The number of nitrogens with zero attached hydrogens (tertiary/aromatic N) is 2. The molecule has 0 saturated heterocycles. The normalized spacial score (nSPS) is 13.9. The van der Waals surface area contributed by atoms with Gasteiger partial charge in [-0.1, -0.05) is 25.1 Å². The van der Waals surface area contributed by atoms with E-state index in [1.165, 1.54) is 16.8 Å². The van der Waals surface area contributed by atoms with Crippen LogP contribution in [0.4, 0.5) is 11.5 Å². The smallest absolute Gasteiger partial charge is 0.138 e. The van der Waals surface area contributed by atoms with E-state index in [0.29, 0.717) is 0 Å². The van der Waals surface area contributed by atoms with Crippen LogP contribution in [0.3, 0.4) is 0 Å². The minimum Gasteiger partial charge on any atom is -0.340 e. The molecule has 2 N–H and O–H groups in total. The van der Waals surface area contributed by atoms with Crippen molar-refractivity contribution in [2.75, 3.05) is 11.9 Å². The number of para-hydroxylation sites is 1. The van der Waals surface area contributed by atoms with Crippen LogP contribution in [0.2, 0.25) is 0 Å². The van der Waals surface area contributed by atoms with Gasteiger partial charge in [0.1, 0.15) is 11.6 Å². The third kappa shape index (κ3) is 2.51. The number of rotatable bonds is 3. The van der Waals surface area contributed by atoms with E-state index in [9.17, 15) is 0 Å². The van der Waals surface area contributed by atoms with Gasteiger partial charge in [0.05, 0.1) is 5.69 Å². The van der Waals surface area contributed by atoms with Crippen LogP contribution in [0.5, 0.6) is 0 Å². The highest BCUT2D eigenvalue weighted by molar-refractivity contribution is 5.63. The van der Waals surface area contributed by atoms with E-state index in [4.69, 9.17) is 0 Å². The molecule has 4 heteroatoms. The highest BCUT2D eigenvalue weighted by Gasteiger charge is 2.17. The Morgan fingerprint density at radius 2 is 2.10 bits per heavy atom. The fraction of sp³-hybridized carbons (Fsp3) is 0.375. The van der Waals surface area contributed by atoms with Crippen LogP contribution in [0.25, 0.3) is 0 Å². The molecule has 0 fully saturated rings. The molecule has 0 spiro atoms. The maximum Gasteiger partial charge on any atom is 0.138 e. The van der Waals surface area contributed by atoms with Gasteiger partial charge in [0.2, 0.25) is 0 Å². The van der Waals surface area contributed by atoms with Crippen LogP contribution in [0.1, 0.15) is 29.6 Å². The minimum atomic E-state index is 0.835. The van der Waals surface area contributed by atoms with Crippen LogP contribution in [-0.4, -0.2) is 16.5 Å². The van der Waals surface area contributed by atoms with Gasteiger partial charge in [-0.15, -0.1) is 0 Å². The van der Waals surface area contributed by atoms with E-state index in [-0.39, 0.29) is 0 Å². The monoisotopic (exact) mass is 268 g/mol. The lowest BCUT2D eigenvalue weighted by Crippen LogP contribution is -2.26. The van der Waals surface area contributed by atoms with Crippen molar-refractivity contribution in [1.82, 2.24) is 15.3 Å². The Bertz CT molecular complexity index is 622. The molecule has 0 saturated carbocycles. The van der Waals surface area contributed by atoms with Gasteiger partial charge in [-0.25, -0.2) is 9.97 Å². The highest BCUT2D eigenvalue weighted by Crippen LogP contribution is 2.25. The first-order valence-electron chi connectivity index (χ1n) is 7.20. The second kappa shape index (κ2) is 5.59. The van der Waals surface area contributed by atoms with Gasteiger partial charge in [-0.2, -0.15) is 0 Å². The third-order valence-corrected chi connectivity index (χ3v) is 3.70. The molecule has 0 amide bonds. The molecule has 1 aromatic carbocycles. The topological polar surface area (TPSA) is 49.8 Å². The number of aryl methyl sites for hydroxylation is 2. The summed E-state index contributed by atoms with van der Waals surface area (Å²) in [6, 6.07) is 8.40. The Morgan fingerprint density at radius 3 is 2.95 bits per heavy atom. The lowest BCUT2D eigenvalue weighted by Gasteiger charge is -2.21. The van der Waals surface area contributed by atoms with Gasteiger partial charge in [0, 0.05) is 30.8 Å². The SMILES string of the molecule is CCc1ccccc1Nc1nc(C)nc2c1CNCC2. The molecule has 2 heterocycles. The number of nitrogens with one attached hydrogen (secondary N) is 2. The Balaban J connectivity index is 2.00. The van der Waals surface area contributed by atoms with Crippen LogP contribution in [-0.2, 0) is 19.4 Å². The second-order valence-electron chi connectivity index (χ2n) is 5.11. The molecule has 0 atom stereocenters. The molecule has 20 heavy (non-hydrogen) atoms. The molecule has 1 aliphatic rings. The number of fused-ring (bicyclic) bond motifs is 1. The van der Waals surface area contributed by atoms with Crippen molar-refractivity contribution in [3.8, 4) is 0 Å². The number of anilines is 2. The number of hydrogen-bond donors (Lipinski definition) is 2.